The lowest BCUT2D eigenvalue weighted by Crippen LogP contribution is -2.40. The molecule has 0 aliphatic carbocycles. The quantitative estimate of drug-likeness (QED) is 0.698. The van der Waals surface area contributed by atoms with Gasteiger partial charge >= 0.3 is 0 Å². The Labute approximate surface area is 111 Å². The second kappa shape index (κ2) is 9.34. The van der Waals surface area contributed by atoms with Crippen LogP contribution in [0.25, 0.3) is 0 Å². The van der Waals surface area contributed by atoms with Crippen molar-refractivity contribution >= 4 is 5.91 Å². The van der Waals surface area contributed by atoms with Crippen LogP contribution in [0.4, 0.5) is 0 Å². The molecule has 106 valence electrons. The highest BCUT2D eigenvalue weighted by atomic mass is 16.5. The molecule has 0 aromatic heterocycles. The summed E-state index contributed by atoms with van der Waals surface area (Å²) >= 11 is 0. The second-order valence-corrected chi connectivity index (χ2v) is 5.17. The number of rotatable bonds is 8. The molecule has 4 nitrogen and oxygen atoms in total. The molecule has 1 aliphatic heterocycles. The Morgan fingerprint density at radius 3 is 2.94 bits per heavy atom. The molecule has 1 saturated heterocycles. The lowest BCUT2D eigenvalue weighted by atomic mass is 10.0. The number of unbranched alkanes of at least 4 members (excludes halogenated alkanes) is 1. The SMILES string of the molecule is CCCCC(CN)NC(=O)CCC1CCCCO1. The fourth-order valence-corrected chi connectivity index (χ4v) is 2.33. The lowest BCUT2D eigenvalue weighted by Gasteiger charge is -2.23. The van der Waals surface area contributed by atoms with Crippen molar-refractivity contribution in [3.8, 4) is 0 Å². The molecule has 0 aromatic carbocycles. The topological polar surface area (TPSA) is 64.3 Å². The van der Waals surface area contributed by atoms with Crippen molar-refractivity contribution in [1.82, 2.24) is 5.32 Å². The van der Waals surface area contributed by atoms with Crippen molar-refractivity contribution < 1.29 is 9.53 Å². The van der Waals surface area contributed by atoms with E-state index in [1.165, 1.54) is 6.42 Å². The number of carbonyl (C=O) groups is 1. The van der Waals surface area contributed by atoms with Gasteiger partial charge in [0.2, 0.25) is 5.91 Å². The van der Waals surface area contributed by atoms with Crippen LogP contribution in [-0.2, 0) is 9.53 Å². The highest BCUT2D eigenvalue weighted by molar-refractivity contribution is 5.76. The monoisotopic (exact) mass is 256 g/mol. The zero-order chi connectivity index (χ0) is 13.2. The minimum absolute atomic E-state index is 0.121. The Bertz CT molecular complexity index is 228. The second-order valence-electron chi connectivity index (χ2n) is 5.17. The molecule has 1 rings (SSSR count). The molecule has 0 saturated carbocycles. The number of nitrogens with two attached hydrogens (primary N) is 1. The van der Waals surface area contributed by atoms with Crippen LogP contribution >= 0.6 is 0 Å². The molecule has 1 aliphatic rings. The first-order valence-electron chi connectivity index (χ1n) is 7.37. The maximum absolute atomic E-state index is 11.8. The summed E-state index contributed by atoms with van der Waals surface area (Å²) in [5, 5.41) is 3.02. The van der Waals surface area contributed by atoms with Crippen LogP contribution < -0.4 is 11.1 Å². The van der Waals surface area contributed by atoms with Gasteiger partial charge in [0.1, 0.15) is 0 Å². The third kappa shape index (κ3) is 6.36. The summed E-state index contributed by atoms with van der Waals surface area (Å²) in [7, 11) is 0. The van der Waals surface area contributed by atoms with E-state index < -0.39 is 0 Å². The lowest BCUT2D eigenvalue weighted by molar-refractivity contribution is -0.122. The number of amides is 1. The molecule has 0 aromatic rings. The van der Waals surface area contributed by atoms with Crippen LogP contribution in [0.3, 0.4) is 0 Å². The molecule has 1 heterocycles. The van der Waals surface area contributed by atoms with Crippen molar-refractivity contribution in [2.45, 2.75) is 70.4 Å². The van der Waals surface area contributed by atoms with Crippen molar-refractivity contribution in [1.29, 1.82) is 0 Å². The molecule has 4 heteroatoms. The van der Waals surface area contributed by atoms with E-state index in [0.717, 1.165) is 45.1 Å². The highest BCUT2D eigenvalue weighted by Gasteiger charge is 2.16. The van der Waals surface area contributed by atoms with Crippen molar-refractivity contribution in [3.05, 3.63) is 0 Å². The molecule has 18 heavy (non-hydrogen) atoms. The molecule has 0 bridgehead atoms. The Hall–Kier alpha value is -0.610. The molecule has 2 atom stereocenters. The molecule has 1 fully saturated rings. The molecule has 2 unspecified atom stereocenters. The smallest absolute Gasteiger partial charge is 0.220 e. The van der Waals surface area contributed by atoms with E-state index in [2.05, 4.69) is 12.2 Å². The van der Waals surface area contributed by atoms with E-state index in [-0.39, 0.29) is 18.1 Å². The number of nitrogens with one attached hydrogen (secondary N) is 1. The zero-order valence-corrected chi connectivity index (χ0v) is 11.6. The maximum Gasteiger partial charge on any atom is 0.220 e. The summed E-state index contributed by atoms with van der Waals surface area (Å²) in [6.07, 6.45) is 8.43. The van der Waals surface area contributed by atoms with Gasteiger partial charge in [0, 0.05) is 25.6 Å². The van der Waals surface area contributed by atoms with Gasteiger partial charge in [-0.25, -0.2) is 0 Å². The summed E-state index contributed by atoms with van der Waals surface area (Å²) in [6.45, 7) is 3.54. The van der Waals surface area contributed by atoms with E-state index >= 15 is 0 Å². The average Bonchev–Trinajstić information content (AvgIpc) is 2.42. The van der Waals surface area contributed by atoms with Crippen molar-refractivity contribution in [2.24, 2.45) is 5.73 Å². The normalized spacial score (nSPS) is 21.6. The number of hydrogen-bond acceptors (Lipinski definition) is 3. The Morgan fingerprint density at radius 1 is 1.50 bits per heavy atom. The predicted molar refractivity (Wildman–Crippen MR) is 73.3 cm³/mol. The fourth-order valence-electron chi connectivity index (χ4n) is 2.33. The first-order valence-corrected chi connectivity index (χ1v) is 7.37. The van der Waals surface area contributed by atoms with E-state index in [9.17, 15) is 4.79 Å². The standard InChI is InChI=1S/C14H28N2O2/c1-2-3-6-12(11-15)16-14(17)9-8-13-7-4-5-10-18-13/h12-13H,2-11,15H2,1H3,(H,16,17). The first kappa shape index (κ1) is 15.4. The number of hydrogen-bond donors (Lipinski definition) is 2. The van der Waals surface area contributed by atoms with E-state index in [4.69, 9.17) is 10.5 Å². The van der Waals surface area contributed by atoms with Crippen LogP contribution in [0.1, 0.15) is 58.3 Å². The molecule has 1 amide bonds. The van der Waals surface area contributed by atoms with Gasteiger partial charge in [-0.2, -0.15) is 0 Å². The van der Waals surface area contributed by atoms with Crippen LogP contribution in [0.15, 0.2) is 0 Å². The number of ether oxygens (including phenoxy) is 1. The van der Waals surface area contributed by atoms with Crippen LogP contribution in [0.2, 0.25) is 0 Å². The van der Waals surface area contributed by atoms with Crippen molar-refractivity contribution in [3.63, 3.8) is 0 Å². The van der Waals surface area contributed by atoms with E-state index in [1.807, 2.05) is 0 Å². The summed E-state index contributed by atoms with van der Waals surface area (Å²) in [5.41, 5.74) is 5.66. The Kier molecular flexibility index (Phi) is 8.01. The van der Waals surface area contributed by atoms with Crippen LogP contribution in [0, 0.1) is 0 Å². The van der Waals surface area contributed by atoms with Gasteiger partial charge in [0.05, 0.1) is 6.10 Å². The van der Waals surface area contributed by atoms with Crippen LogP contribution in [0.5, 0.6) is 0 Å². The maximum atomic E-state index is 11.8. The van der Waals surface area contributed by atoms with E-state index in [0.29, 0.717) is 13.0 Å². The van der Waals surface area contributed by atoms with Crippen molar-refractivity contribution in [2.75, 3.05) is 13.2 Å². The largest absolute Gasteiger partial charge is 0.378 e. The summed E-state index contributed by atoms with van der Waals surface area (Å²) in [5.74, 6) is 0.121. The first-order chi connectivity index (χ1) is 8.76. The van der Waals surface area contributed by atoms with Gasteiger partial charge < -0.3 is 15.8 Å². The minimum atomic E-state index is 0.121. The highest BCUT2D eigenvalue weighted by Crippen LogP contribution is 2.16. The van der Waals surface area contributed by atoms with Gasteiger partial charge in [-0.1, -0.05) is 19.8 Å². The summed E-state index contributed by atoms with van der Waals surface area (Å²) in [6, 6.07) is 0.143. The zero-order valence-electron chi connectivity index (χ0n) is 11.6. The predicted octanol–water partition coefficient (Wildman–Crippen LogP) is 1.97. The summed E-state index contributed by atoms with van der Waals surface area (Å²) in [4.78, 5) is 11.8. The molecule has 0 radical (unpaired) electrons. The number of carbonyl (C=O) groups excluding carboxylic acids is 1. The van der Waals surface area contributed by atoms with Gasteiger partial charge in [0.15, 0.2) is 0 Å². The van der Waals surface area contributed by atoms with Gasteiger partial charge in [0.25, 0.3) is 0 Å². The van der Waals surface area contributed by atoms with E-state index in [1.54, 1.807) is 0 Å². The van der Waals surface area contributed by atoms with Gasteiger partial charge in [-0.3, -0.25) is 4.79 Å². The molecular formula is C14H28N2O2. The Balaban J connectivity index is 2.14. The van der Waals surface area contributed by atoms with Gasteiger partial charge in [-0.05, 0) is 32.1 Å². The third-order valence-corrected chi connectivity index (χ3v) is 3.52. The molecule has 0 spiro atoms. The molecular weight excluding hydrogens is 228 g/mol. The molecule has 3 N–H and O–H groups in total. The van der Waals surface area contributed by atoms with Gasteiger partial charge in [-0.15, -0.1) is 0 Å². The van der Waals surface area contributed by atoms with Crippen LogP contribution in [-0.4, -0.2) is 31.2 Å². The minimum Gasteiger partial charge on any atom is -0.378 e. The summed E-state index contributed by atoms with van der Waals surface area (Å²) < 4.78 is 5.62. The average molecular weight is 256 g/mol. The Morgan fingerprint density at radius 2 is 2.33 bits per heavy atom. The third-order valence-electron chi connectivity index (χ3n) is 3.52. The fraction of sp³-hybridized carbons (Fsp3) is 0.929.